The SMILES string of the molecule is COC(=O)CC(=O)CC(O)/C=C/C1=C(c2ccc(F)c(C)c2)CC2(CC1(C)C)SCCCS2. The van der Waals surface area contributed by atoms with Crippen LogP contribution in [0.25, 0.3) is 5.57 Å². The van der Waals surface area contributed by atoms with Gasteiger partial charge in [0.25, 0.3) is 0 Å². The third-order valence-corrected chi connectivity index (χ3v) is 9.55. The molecule has 0 saturated carbocycles. The van der Waals surface area contributed by atoms with Gasteiger partial charge in [-0.3, -0.25) is 9.59 Å². The molecule has 0 radical (unpaired) electrons. The first-order valence-electron chi connectivity index (χ1n) is 11.3. The Balaban J connectivity index is 1.95. The summed E-state index contributed by atoms with van der Waals surface area (Å²) in [5.74, 6) is 1.10. The molecule has 1 aliphatic carbocycles. The summed E-state index contributed by atoms with van der Waals surface area (Å²) in [5.41, 5.74) is 3.72. The van der Waals surface area contributed by atoms with E-state index in [1.54, 1.807) is 13.0 Å². The first-order valence-corrected chi connectivity index (χ1v) is 13.3. The zero-order valence-corrected chi connectivity index (χ0v) is 21.4. The first kappa shape index (κ1) is 26.0. The van der Waals surface area contributed by atoms with Crippen LogP contribution >= 0.6 is 23.5 Å². The van der Waals surface area contributed by atoms with E-state index < -0.39 is 12.1 Å². The second-order valence-electron chi connectivity index (χ2n) is 9.48. The van der Waals surface area contributed by atoms with Gasteiger partial charge < -0.3 is 9.84 Å². The topological polar surface area (TPSA) is 63.6 Å². The maximum Gasteiger partial charge on any atom is 0.313 e. The number of aliphatic hydroxyl groups is 1. The van der Waals surface area contributed by atoms with Gasteiger partial charge in [-0.15, -0.1) is 23.5 Å². The highest BCUT2D eigenvalue weighted by Crippen LogP contribution is 2.59. The van der Waals surface area contributed by atoms with Crippen molar-refractivity contribution in [1.29, 1.82) is 0 Å². The molecule has 1 N–H and O–H groups in total. The lowest BCUT2D eigenvalue weighted by atomic mass is 9.70. The van der Waals surface area contributed by atoms with Gasteiger partial charge in [0.1, 0.15) is 18.0 Å². The van der Waals surface area contributed by atoms with E-state index in [0.717, 1.165) is 35.5 Å². The summed E-state index contributed by atoms with van der Waals surface area (Å²) in [7, 11) is 1.23. The third kappa shape index (κ3) is 6.52. The molecule has 0 bridgehead atoms. The lowest BCUT2D eigenvalue weighted by Crippen LogP contribution is -2.37. The van der Waals surface area contributed by atoms with Crippen LogP contribution in [-0.2, 0) is 14.3 Å². The van der Waals surface area contributed by atoms with Crippen molar-refractivity contribution in [2.24, 2.45) is 5.41 Å². The van der Waals surface area contributed by atoms with Crippen molar-refractivity contribution < 1.29 is 23.8 Å². The fraction of sp³-hybridized carbons (Fsp3) is 0.538. The molecule has 7 heteroatoms. The van der Waals surface area contributed by atoms with Gasteiger partial charge in [-0.1, -0.05) is 32.1 Å². The predicted molar refractivity (Wildman–Crippen MR) is 135 cm³/mol. The van der Waals surface area contributed by atoms with E-state index in [4.69, 9.17) is 0 Å². The predicted octanol–water partition coefficient (Wildman–Crippen LogP) is 5.71. The summed E-state index contributed by atoms with van der Waals surface area (Å²) in [6, 6.07) is 5.27. The Morgan fingerprint density at radius 1 is 1.27 bits per heavy atom. The van der Waals surface area contributed by atoms with Gasteiger partial charge in [0, 0.05) is 6.42 Å². The molecule has 0 aromatic heterocycles. The van der Waals surface area contributed by atoms with Crippen molar-refractivity contribution in [2.45, 2.75) is 63.1 Å². The molecule has 180 valence electrons. The Hall–Kier alpha value is -1.57. The van der Waals surface area contributed by atoms with E-state index in [0.29, 0.717) is 5.56 Å². The Morgan fingerprint density at radius 2 is 1.97 bits per heavy atom. The number of esters is 1. The number of ether oxygens (including phenoxy) is 1. The minimum Gasteiger partial charge on any atom is -0.469 e. The van der Waals surface area contributed by atoms with E-state index in [9.17, 15) is 19.1 Å². The number of halogens is 1. The molecule has 1 saturated heterocycles. The molecule has 0 amide bonds. The van der Waals surface area contributed by atoms with Crippen molar-refractivity contribution >= 4 is 40.8 Å². The van der Waals surface area contributed by atoms with Crippen molar-refractivity contribution in [2.75, 3.05) is 18.6 Å². The molecule has 1 aliphatic heterocycles. The molecule has 1 fully saturated rings. The summed E-state index contributed by atoms with van der Waals surface area (Å²) in [6.07, 6.45) is 5.18. The minimum absolute atomic E-state index is 0.0891. The summed E-state index contributed by atoms with van der Waals surface area (Å²) >= 11 is 4.06. The molecule has 1 unspecified atom stereocenters. The van der Waals surface area contributed by atoms with Gasteiger partial charge in [-0.25, -0.2) is 4.39 Å². The first-order chi connectivity index (χ1) is 15.5. The smallest absolute Gasteiger partial charge is 0.313 e. The van der Waals surface area contributed by atoms with Crippen LogP contribution in [0, 0.1) is 18.2 Å². The summed E-state index contributed by atoms with van der Waals surface area (Å²) in [5, 5.41) is 10.4. The molecule has 1 aromatic rings. The van der Waals surface area contributed by atoms with Crippen LogP contribution < -0.4 is 0 Å². The highest BCUT2D eigenvalue weighted by atomic mass is 32.2. The maximum absolute atomic E-state index is 14.0. The van der Waals surface area contributed by atoms with E-state index in [1.165, 1.54) is 25.2 Å². The number of aryl methyl sites for hydroxylation is 1. The van der Waals surface area contributed by atoms with Crippen LogP contribution in [0.3, 0.4) is 0 Å². The number of ketones is 1. The zero-order valence-electron chi connectivity index (χ0n) is 19.8. The highest BCUT2D eigenvalue weighted by Gasteiger charge is 2.45. The Morgan fingerprint density at radius 3 is 2.61 bits per heavy atom. The lowest BCUT2D eigenvalue weighted by molar-refractivity contribution is -0.143. The fourth-order valence-electron chi connectivity index (χ4n) is 4.66. The van der Waals surface area contributed by atoms with Crippen LogP contribution in [0.15, 0.2) is 35.9 Å². The molecule has 33 heavy (non-hydrogen) atoms. The van der Waals surface area contributed by atoms with Crippen LogP contribution in [0.4, 0.5) is 4.39 Å². The molecule has 1 heterocycles. The average Bonchev–Trinajstić information content (AvgIpc) is 2.74. The number of carbonyl (C=O) groups is 2. The number of benzene rings is 1. The van der Waals surface area contributed by atoms with E-state index in [1.807, 2.05) is 41.7 Å². The van der Waals surface area contributed by atoms with Crippen LogP contribution in [-0.4, -0.2) is 45.7 Å². The van der Waals surface area contributed by atoms with Crippen LogP contribution in [0.5, 0.6) is 0 Å². The highest BCUT2D eigenvalue weighted by molar-refractivity contribution is 8.18. The number of Topliss-reactive ketones (excluding diaryl/α,β-unsaturated/α-hetero) is 1. The average molecular weight is 493 g/mol. The zero-order chi connectivity index (χ0) is 24.2. The fourth-order valence-corrected chi connectivity index (χ4v) is 8.41. The minimum atomic E-state index is -0.990. The van der Waals surface area contributed by atoms with Gasteiger partial charge in [0.2, 0.25) is 0 Å². The second kappa shape index (κ2) is 10.8. The molecule has 2 aliphatic rings. The number of hydrogen-bond acceptors (Lipinski definition) is 6. The summed E-state index contributed by atoms with van der Waals surface area (Å²) in [6.45, 7) is 6.21. The quantitative estimate of drug-likeness (QED) is 0.388. The van der Waals surface area contributed by atoms with Gasteiger partial charge >= 0.3 is 5.97 Å². The van der Waals surface area contributed by atoms with Crippen molar-refractivity contribution in [1.82, 2.24) is 0 Å². The number of rotatable bonds is 7. The van der Waals surface area contributed by atoms with E-state index in [-0.39, 0.29) is 33.9 Å². The lowest BCUT2D eigenvalue weighted by Gasteiger charge is -2.48. The van der Waals surface area contributed by atoms with E-state index in [2.05, 4.69) is 18.6 Å². The van der Waals surface area contributed by atoms with Gasteiger partial charge in [-0.2, -0.15) is 0 Å². The number of carbonyl (C=O) groups excluding carboxylic acids is 2. The van der Waals surface area contributed by atoms with Crippen LogP contribution in [0.1, 0.15) is 57.1 Å². The number of methoxy groups -OCH3 is 1. The van der Waals surface area contributed by atoms with Crippen molar-refractivity contribution in [3.63, 3.8) is 0 Å². The largest absolute Gasteiger partial charge is 0.469 e. The molecule has 1 spiro atoms. The Labute approximate surface area is 204 Å². The molecule has 3 rings (SSSR count). The molecular formula is C26H33FO4S2. The Kier molecular flexibility index (Phi) is 8.51. The standard InChI is InChI=1S/C26H33FO4S2/c1-17-12-18(6-9-23(17)27)21-15-26(32-10-5-11-33-26)16-25(2,3)22(21)8-7-19(28)13-20(29)14-24(30)31-4/h6-9,12,19,28H,5,10-11,13-16H2,1-4H3/b8-7+. The van der Waals surface area contributed by atoms with Crippen LogP contribution in [0.2, 0.25) is 0 Å². The number of allylic oxidation sites excluding steroid dienone is 3. The summed E-state index contributed by atoms with van der Waals surface area (Å²) < 4.78 is 18.6. The van der Waals surface area contributed by atoms with Gasteiger partial charge in [-0.05, 0) is 77.5 Å². The third-order valence-electron chi connectivity index (χ3n) is 6.23. The maximum atomic E-state index is 14.0. The monoisotopic (exact) mass is 492 g/mol. The number of aliphatic hydroxyl groups excluding tert-OH is 1. The summed E-state index contributed by atoms with van der Waals surface area (Å²) in [4.78, 5) is 23.3. The normalized spacial score (nSPS) is 20.8. The molecule has 4 nitrogen and oxygen atoms in total. The van der Waals surface area contributed by atoms with Crippen molar-refractivity contribution in [3.05, 3.63) is 52.9 Å². The Bertz CT molecular complexity index is 961. The molecule has 1 aromatic carbocycles. The number of thioether (sulfide) groups is 2. The number of hydrogen-bond donors (Lipinski definition) is 1. The molecule has 1 atom stereocenters. The van der Waals surface area contributed by atoms with Gasteiger partial charge in [0.05, 0.1) is 17.3 Å². The second-order valence-corrected chi connectivity index (χ2v) is 12.7. The van der Waals surface area contributed by atoms with Gasteiger partial charge in [0.15, 0.2) is 0 Å². The van der Waals surface area contributed by atoms with E-state index >= 15 is 0 Å². The van der Waals surface area contributed by atoms with Crippen molar-refractivity contribution in [3.8, 4) is 0 Å². The molecular weight excluding hydrogens is 459 g/mol.